The second kappa shape index (κ2) is 23.4. The molecule has 2 aliphatic heterocycles. The standard InChI is InChI=1S/2C26H33N3O5S3/c2*1-26(2,30)22-11-13-23(14-12-22)29-16-15-27(37(33,34)25-10-7-17-35-25)19-24(29)20-28(36(3,31)32)18-21-8-5-4-6-9-21/h2*4-14,17,24,30H,15-16,18-20H2,1-3H3/t2*24-/m11/s1. The molecule has 2 saturated heterocycles. The van der Waals surface area contributed by atoms with Gasteiger partial charge in [0.1, 0.15) is 8.42 Å². The highest BCUT2D eigenvalue weighted by atomic mass is 32.3. The number of benzene rings is 4. The summed E-state index contributed by atoms with van der Waals surface area (Å²) in [4.78, 5) is 4.13. The molecule has 2 N–H and O–H groups in total. The summed E-state index contributed by atoms with van der Waals surface area (Å²) >= 11 is 2.35. The molecule has 74 heavy (non-hydrogen) atoms. The van der Waals surface area contributed by atoms with Gasteiger partial charge in [0.25, 0.3) is 20.0 Å². The second-order valence-electron chi connectivity index (χ2n) is 19.6. The first-order valence-corrected chi connectivity index (χ1v) is 32.3. The van der Waals surface area contributed by atoms with E-state index in [9.17, 15) is 43.9 Å². The van der Waals surface area contributed by atoms with Gasteiger partial charge in [-0.25, -0.2) is 33.7 Å². The van der Waals surface area contributed by atoms with E-state index in [4.69, 9.17) is 0 Å². The van der Waals surface area contributed by atoms with E-state index in [1.165, 1.54) is 52.4 Å². The van der Waals surface area contributed by atoms with Gasteiger partial charge in [-0.05, 0) is 97.1 Å². The lowest BCUT2D eigenvalue weighted by Crippen LogP contribution is -2.58. The molecule has 0 saturated carbocycles. The van der Waals surface area contributed by atoms with E-state index < -0.39 is 63.4 Å². The molecule has 0 amide bonds. The van der Waals surface area contributed by atoms with Crippen molar-refractivity contribution >= 4 is 74.1 Å². The molecule has 4 aromatic carbocycles. The third-order valence-corrected chi connectivity index (χ3v) is 22.0. The third kappa shape index (κ3) is 14.5. The topological polar surface area (TPSA) is 196 Å². The Labute approximate surface area is 445 Å². The van der Waals surface area contributed by atoms with Crippen LogP contribution in [0.15, 0.2) is 153 Å². The van der Waals surface area contributed by atoms with Crippen LogP contribution in [0.4, 0.5) is 11.4 Å². The summed E-state index contributed by atoms with van der Waals surface area (Å²) in [5.74, 6) is 0. The molecule has 0 spiro atoms. The lowest BCUT2D eigenvalue weighted by Gasteiger charge is -2.43. The van der Waals surface area contributed by atoms with Gasteiger partial charge < -0.3 is 20.0 Å². The van der Waals surface area contributed by atoms with E-state index in [2.05, 4.69) is 9.80 Å². The van der Waals surface area contributed by atoms with Crippen molar-refractivity contribution in [1.29, 1.82) is 0 Å². The monoisotopic (exact) mass is 1130 g/mol. The Morgan fingerprint density at radius 2 is 0.824 bits per heavy atom. The molecule has 0 radical (unpaired) electrons. The summed E-state index contributed by atoms with van der Waals surface area (Å²) in [6.45, 7) is 9.15. The van der Waals surface area contributed by atoms with Crippen LogP contribution in [-0.2, 0) is 64.4 Å². The molecule has 2 fully saturated rings. The van der Waals surface area contributed by atoms with Crippen LogP contribution in [0.3, 0.4) is 0 Å². The molecule has 8 rings (SSSR count). The smallest absolute Gasteiger partial charge is 0.252 e. The van der Waals surface area contributed by atoms with Crippen LogP contribution < -0.4 is 9.80 Å². The number of sulfonamides is 4. The average Bonchev–Trinajstić information content (AvgIpc) is 4.11. The number of hydrogen-bond donors (Lipinski definition) is 2. The Morgan fingerprint density at radius 3 is 1.11 bits per heavy atom. The third-order valence-electron chi connectivity index (χ3n) is 13.1. The van der Waals surface area contributed by atoms with Gasteiger partial charge in [0.2, 0.25) is 20.0 Å². The first kappa shape index (κ1) is 57.2. The average molecular weight is 1130 g/mol. The maximum absolute atomic E-state index is 13.3. The first-order chi connectivity index (χ1) is 34.7. The van der Waals surface area contributed by atoms with Crippen molar-refractivity contribution in [3.63, 3.8) is 0 Å². The minimum Gasteiger partial charge on any atom is -0.386 e. The van der Waals surface area contributed by atoms with Crippen molar-refractivity contribution < 1.29 is 43.9 Å². The van der Waals surface area contributed by atoms with Crippen LogP contribution in [0.2, 0.25) is 0 Å². The van der Waals surface area contributed by atoms with Gasteiger partial charge in [-0.15, -0.1) is 22.7 Å². The minimum absolute atomic E-state index is 0.122. The van der Waals surface area contributed by atoms with Crippen molar-refractivity contribution in [3.05, 3.63) is 166 Å². The zero-order valence-corrected chi connectivity index (χ0v) is 47.3. The van der Waals surface area contributed by atoms with Gasteiger partial charge in [-0.3, -0.25) is 0 Å². The first-order valence-electron chi connectivity index (χ1n) is 24.0. The molecule has 16 nitrogen and oxygen atoms in total. The molecule has 2 aliphatic rings. The van der Waals surface area contributed by atoms with Gasteiger partial charge >= 0.3 is 0 Å². The largest absolute Gasteiger partial charge is 0.386 e. The number of hydrogen-bond acceptors (Lipinski definition) is 14. The summed E-state index contributed by atoms with van der Waals surface area (Å²) in [7, 11) is -14.5. The van der Waals surface area contributed by atoms with Gasteiger partial charge in [-0.1, -0.05) is 97.1 Å². The lowest BCUT2D eigenvalue weighted by molar-refractivity contribution is 0.0780. The van der Waals surface area contributed by atoms with Crippen LogP contribution in [0, 0.1) is 0 Å². The normalized spacial score (nSPS) is 17.9. The van der Waals surface area contributed by atoms with Gasteiger partial charge in [0, 0.05) is 76.8 Å². The van der Waals surface area contributed by atoms with Crippen LogP contribution in [-0.4, -0.2) is 138 Å². The molecule has 0 aliphatic carbocycles. The molecule has 0 unspecified atom stereocenters. The molecule has 2 aromatic heterocycles. The number of aliphatic hydroxyl groups is 2. The van der Waals surface area contributed by atoms with Gasteiger partial charge in [0.05, 0.1) is 35.8 Å². The van der Waals surface area contributed by atoms with Crippen LogP contribution >= 0.6 is 22.7 Å². The fourth-order valence-corrected chi connectivity index (χ4v) is 15.8. The summed E-state index contributed by atoms with van der Waals surface area (Å²) in [6, 6.07) is 39.4. The van der Waals surface area contributed by atoms with Crippen molar-refractivity contribution in [1.82, 2.24) is 17.2 Å². The van der Waals surface area contributed by atoms with Crippen molar-refractivity contribution in [2.75, 3.05) is 74.7 Å². The Balaban J connectivity index is 0.000000216. The number of piperazine rings is 2. The highest BCUT2D eigenvalue weighted by Crippen LogP contribution is 2.32. The van der Waals surface area contributed by atoms with E-state index in [1.807, 2.05) is 109 Å². The molecule has 2 atom stereocenters. The fourth-order valence-electron chi connectivity index (χ4n) is 8.96. The number of nitrogens with zero attached hydrogens (tertiary/aromatic N) is 6. The number of thiophene rings is 2. The molecule has 400 valence electrons. The Bertz CT molecular complexity index is 2990. The Hall–Kier alpha value is -4.56. The van der Waals surface area contributed by atoms with E-state index >= 15 is 0 Å². The predicted molar refractivity (Wildman–Crippen MR) is 295 cm³/mol. The Morgan fingerprint density at radius 1 is 0.486 bits per heavy atom. The quantitative estimate of drug-likeness (QED) is 0.0934. The fraction of sp³-hybridized carbons (Fsp3) is 0.385. The summed E-state index contributed by atoms with van der Waals surface area (Å²) in [5.41, 5.74) is 2.93. The van der Waals surface area contributed by atoms with Crippen molar-refractivity contribution in [2.24, 2.45) is 0 Å². The van der Waals surface area contributed by atoms with Gasteiger partial charge in [0.15, 0.2) is 0 Å². The zero-order valence-electron chi connectivity index (χ0n) is 42.4. The molecular weight excluding hydrogens is 1060 g/mol. The highest BCUT2D eigenvalue weighted by molar-refractivity contribution is 7.91. The summed E-state index contributed by atoms with van der Waals surface area (Å²) in [6.07, 6.45) is 2.36. The molecule has 0 bridgehead atoms. The molecule has 22 heteroatoms. The van der Waals surface area contributed by atoms with E-state index in [1.54, 1.807) is 62.7 Å². The maximum atomic E-state index is 13.3. The second-order valence-corrected chi connectivity index (χ2v) is 29.8. The minimum atomic E-state index is -3.69. The highest BCUT2D eigenvalue weighted by Gasteiger charge is 2.39. The Kier molecular flexibility index (Phi) is 18.0. The summed E-state index contributed by atoms with van der Waals surface area (Å²) in [5, 5.41) is 24.2. The van der Waals surface area contributed by atoms with E-state index in [-0.39, 0.29) is 60.8 Å². The molecular formula is C52H66N6O10S6. The van der Waals surface area contributed by atoms with Crippen molar-refractivity contribution in [2.45, 2.75) is 72.5 Å². The van der Waals surface area contributed by atoms with Crippen LogP contribution in [0.1, 0.15) is 49.9 Å². The number of rotatable bonds is 18. The van der Waals surface area contributed by atoms with E-state index in [0.717, 1.165) is 33.6 Å². The summed E-state index contributed by atoms with van der Waals surface area (Å²) < 4.78 is 111. The molecule has 4 heterocycles. The van der Waals surface area contributed by atoms with Gasteiger partial charge in [-0.2, -0.15) is 17.2 Å². The van der Waals surface area contributed by atoms with E-state index in [0.29, 0.717) is 13.1 Å². The number of anilines is 2. The lowest BCUT2D eigenvalue weighted by atomic mass is 9.98. The SMILES string of the molecule is CC(C)(O)c1ccc(N2CCN(S(=O)(=O)c3cccs3)C[C@@H]2CN(Cc2ccccc2)S(C)(=O)=O)cc1.CC(C)(O)c1ccc(N2CCN(S(=O)(=O)c3cccs3)C[C@@H]2CN(Cc2ccccc2)S(C)(=O)=O)cc1. The molecule has 6 aromatic rings. The maximum Gasteiger partial charge on any atom is 0.252 e. The van der Waals surface area contributed by atoms with Crippen LogP contribution in [0.5, 0.6) is 0 Å². The predicted octanol–water partition coefficient (Wildman–Crippen LogP) is 6.63. The van der Waals surface area contributed by atoms with Crippen molar-refractivity contribution in [3.8, 4) is 0 Å². The zero-order chi connectivity index (χ0) is 53.7. The van der Waals surface area contributed by atoms with Crippen LogP contribution in [0.25, 0.3) is 0 Å².